The van der Waals surface area contributed by atoms with E-state index in [1.165, 1.54) is 12.1 Å². The van der Waals surface area contributed by atoms with Gasteiger partial charge in [-0.15, -0.1) is 0 Å². The van der Waals surface area contributed by atoms with Gasteiger partial charge in [-0.1, -0.05) is 0 Å². The topological polar surface area (TPSA) is 69.7 Å². The highest BCUT2D eigenvalue weighted by atomic mass is 19.1. The molecule has 0 radical (unpaired) electrons. The molecule has 0 fully saturated rings. The van der Waals surface area contributed by atoms with E-state index >= 15 is 0 Å². The van der Waals surface area contributed by atoms with Crippen LogP contribution in [0.1, 0.15) is 24.2 Å². The van der Waals surface area contributed by atoms with Crippen LogP contribution in [-0.2, 0) is 19.1 Å². The third kappa shape index (κ3) is 3.97. The number of ketones is 1. The monoisotopic (exact) mass is 254 g/mol. The molecule has 0 aromatic heterocycles. The number of carbonyl (C=O) groups excluding carboxylic acids is 3. The Morgan fingerprint density at radius 1 is 1.00 bits per heavy atom. The summed E-state index contributed by atoms with van der Waals surface area (Å²) in [6.45, 7) is 2.16. The first-order chi connectivity index (χ1) is 8.40. The summed E-state index contributed by atoms with van der Waals surface area (Å²) in [4.78, 5) is 33.4. The molecule has 0 saturated carbocycles. The van der Waals surface area contributed by atoms with Crippen LogP contribution in [0.15, 0.2) is 24.3 Å². The van der Waals surface area contributed by atoms with E-state index in [9.17, 15) is 18.8 Å². The molecule has 1 aromatic rings. The van der Waals surface area contributed by atoms with Gasteiger partial charge in [-0.3, -0.25) is 14.4 Å². The van der Waals surface area contributed by atoms with Crippen molar-refractivity contribution in [3.63, 3.8) is 0 Å². The van der Waals surface area contributed by atoms with Gasteiger partial charge < -0.3 is 9.47 Å². The lowest BCUT2D eigenvalue weighted by molar-refractivity contribution is -0.176. The maximum atomic E-state index is 12.7. The van der Waals surface area contributed by atoms with Gasteiger partial charge in [-0.25, -0.2) is 4.39 Å². The fraction of sp³-hybridized carbons (Fsp3) is 0.250. The summed E-state index contributed by atoms with van der Waals surface area (Å²) >= 11 is 0. The zero-order valence-electron chi connectivity index (χ0n) is 9.81. The first kappa shape index (κ1) is 13.8. The van der Waals surface area contributed by atoms with Crippen LogP contribution in [0.3, 0.4) is 0 Å². The molecule has 1 aromatic carbocycles. The first-order valence-electron chi connectivity index (χ1n) is 5.04. The van der Waals surface area contributed by atoms with E-state index in [0.29, 0.717) is 0 Å². The molecular formula is C12H11FO5. The highest BCUT2D eigenvalue weighted by Crippen LogP contribution is 2.10. The van der Waals surface area contributed by atoms with Crippen LogP contribution in [0.25, 0.3) is 0 Å². The van der Waals surface area contributed by atoms with Crippen LogP contribution >= 0.6 is 0 Å². The molecule has 0 atom stereocenters. The Hall–Kier alpha value is -2.24. The van der Waals surface area contributed by atoms with E-state index in [1.54, 1.807) is 0 Å². The summed E-state index contributed by atoms with van der Waals surface area (Å²) in [5, 5.41) is 0. The molecule has 0 amide bonds. The molecule has 0 aliphatic rings. The minimum atomic E-state index is -1.65. The predicted octanol–water partition coefficient (Wildman–Crippen LogP) is 1.46. The Bertz CT molecular complexity index is 450. The average Bonchev–Trinajstić information content (AvgIpc) is 2.27. The number of rotatable bonds is 4. The van der Waals surface area contributed by atoms with E-state index < -0.39 is 29.8 Å². The van der Waals surface area contributed by atoms with Gasteiger partial charge in [0.15, 0.2) is 0 Å². The van der Waals surface area contributed by atoms with Gasteiger partial charge in [0.25, 0.3) is 0 Å². The van der Waals surface area contributed by atoms with E-state index in [0.717, 1.165) is 26.0 Å². The van der Waals surface area contributed by atoms with Gasteiger partial charge in [0, 0.05) is 19.4 Å². The molecule has 1 rings (SSSR count). The molecule has 0 spiro atoms. The van der Waals surface area contributed by atoms with Crippen molar-refractivity contribution in [2.45, 2.75) is 20.1 Å². The average molecular weight is 254 g/mol. The molecule has 6 heteroatoms. The van der Waals surface area contributed by atoms with Gasteiger partial charge in [0.2, 0.25) is 5.78 Å². The molecule has 0 N–H and O–H groups in total. The van der Waals surface area contributed by atoms with Crippen LogP contribution < -0.4 is 0 Å². The number of hydrogen-bond acceptors (Lipinski definition) is 5. The Morgan fingerprint density at radius 3 is 1.83 bits per heavy atom. The van der Waals surface area contributed by atoms with Crippen molar-refractivity contribution in [2.75, 3.05) is 0 Å². The Balaban J connectivity index is 2.90. The minimum Gasteiger partial charge on any atom is -0.417 e. The summed E-state index contributed by atoms with van der Waals surface area (Å²) in [7, 11) is 0. The van der Waals surface area contributed by atoms with Gasteiger partial charge in [0.05, 0.1) is 0 Å². The fourth-order valence-corrected chi connectivity index (χ4v) is 1.18. The van der Waals surface area contributed by atoms with Gasteiger partial charge in [-0.05, 0) is 24.3 Å². The Kier molecular flexibility index (Phi) is 4.53. The van der Waals surface area contributed by atoms with E-state index in [-0.39, 0.29) is 5.56 Å². The van der Waals surface area contributed by atoms with Gasteiger partial charge >= 0.3 is 18.2 Å². The van der Waals surface area contributed by atoms with Crippen molar-refractivity contribution in [1.29, 1.82) is 0 Å². The van der Waals surface area contributed by atoms with E-state index in [1.807, 2.05) is 0 Å². The first-order valence-corrected chi connectivity index (χ1v) is 5.04. The largest absolute Gasteiger partial charge is 0.417 e. The highest BCUT2D eigenvalue weighted by Gasteiger charge is 2.26. The number of esters is 2. The number of carbonyl (C=O) groups is 3. The van der Waals surface area contributed by atoms with Gasteiger partial charge in [0.1, 0.15) is 5.82 Å². The number of ether oxygens (including phenoxy) is 2. The minimum absolute atomic E-state index is 0.0731. The second-order valence-corrected chi connectivity index (χ2v) is 3.42. The summed E-state index contributed by atoms with van der Waals surface area (Å²) in [6, 6.07) is 4.56. The Morgan fingerprint density at radius 2 is 1.44 bits per heavy atom. The van der Waals surface area contributed by atoms with Crippen LogP contribution in [0.2, 0.25) is 0 Å². The molecule has 0 saturated heterocycles. The highest BCUT2D eigenvalue weighted by molar-refractivity contribution is 6.00. The Labute approximate surface area is 102 Å². The zero-order valence-corrected chi connectivity index (χ0v) is 9.81. The van der Waals surface area contributed by atoms with Crippen molar-refractivity contribution < 1.29 is 28.2 Å². The lowest BCUT2D eigenvalue weighted by atomic mass is 10.1. The van der Waals surface area contributed by atoms with Crippen molar-refractivity contribution >= 4 is 17.7 Å². The standard InChI is InChI=1S/C12H11FO5/c1-7(14)17-12(18-8(2)15)11(16)9-3-5-10(13)6-4-9/h3-6,12H,1-2H3. The molecule has 0 aliphatic heterocycles. The molecule has 96 valence electrons. The maximum absolute atomic E-state index is 12.7. The molecule has 0 aliphatic carbocycles. The maximum Gasteiger partial charge on any atom is 0.310 e. The predicted molar refractivity (Wildman–Crippen MR) is 58.1 cm³/mol. The van der Waals surface area contributed by atoms with Crippen LogP contribution in [-0.4, -0.2) is 24.0 Å². The van der Waals surface area contributed by atoms with Crippen LogP contribution in [0.4, 0.5) is 4.39 Å². The van der Waals surface area contributed by atoms with Crippen molar-refractivity contribution in [1.82, 2.24) is 0 Å². The van der Waals surface area contributed by atoms with Gasteiger partial charge in [-0.2, -0.15) is 0 Å². The summed E-state index contributed by atoms with van der Waals surface area (Å²) in [6.07, 6.45) is -1.65. The SMILES string of the molecule is CC(=O)OC(OC(C)=O)C(=O)c1ccc(F)cc1. The molecule has 0 bridgehead atoms. The summed E-state index contributed by atoms with van der Waals surface area (Å²) < 4.78 is 21.9. The lowest BCUT2D eigenvalue weighted by Crippen LogP contribution is -2.31. The lowest BCUT2D eigenvalue weighted by Gasteiger charge is -2.15. The summed E-state index contributed by atoms with van der Waals surface area (Å²) in [5.41, 5.74) is 0.0731. The van der Waals surface area contributed by atoms with Crippen molar-refractivity contribution in [3.8, 4) is 0 Å². The quantitative estimate of drug-likeness (QED) is 0.462. The molecule has 5 nitrogen and oxygen atoms in total. The molecule has 0 heterocycles. The van der Waals surface area contributed by atoms with Crippen molar-refractivity contribution in [2.24, 2.45) is 0 Å². The molecular weight excluding hydrogens is 243 g/mol. The van der Waals surface area contributed by atoms with Crippen LogP contribution in [0.5, 0.6) is 0 Å². The number of hydrogen-bond donors (Lipinski definition) is 0. The third-order valence-corrected chi connectivity index (χ3v) is 1.89. The van der Waals surface area contributed by atoms with E-state index in [4.69, 9.17) is 0 Å². The normalized spacial score (nSPS) is 10.0. The summed E-state index contributed by atoms with van der Waals surface area (Å²) in [5.74, 6) is -2.78. The molecule has 0 unspecified atom stereocenters. The molecule has 18 heavy (non-hydrogen) atoms. The second kappa shape index (κ2) is 5.90. The number of Topliss-reactive ketones (excluding diaryl/α,β-unsaturated/α-hetero) is 1. The van der Waals surface area contributed by atoms with Crippen molar-refractivity contribution in [3.05, 3.63) is 35.6 Å². The fourth-order valence-electron chi connectivity index (χ4n) is 1.18. The zero-order chi connectivity index (χ0) is 13.7. The van der Waals surface area contributed by atoms with Crippen LogP contribution in [0, 0.1) is 5.82 Å². The van der Waals surface area contributed by atoms with E-state index in [2.05, 4.69) is 9.47 Å². The second-order valence-electron chi connectivity index (χ2n) is 3.42. The number of benzene rings is 1. The number of halogens is 1. The smallest absolute Gasteiger partial charge is 0.310 e. The third-order valence-electron chi connectivity index (χ3n) is 1.89.